The number of allylic oxidation sites excluding steroid dienone is 2. The molecule has 0 heterocycles. The largest absolute Gasteiger partial charge is 0.460 e. The van der Waals surface area contributed by atoms with Crippen molar-refractivity contribution in [1.82, 2.24) is 5.32 Å². The van der Waals surface area contributed by atoms with E-state index in [4.69, 9.17) is 4.74 Å². The van der Waals surface area contributed by atoms with Crippen LogP contribution in [0.15, 0.2) is 78.4 Å². The fourth-order valence-electron chi connectivity index (χ4n) is 12.7. The molecule has 0 aromatic heterocycles. The molecule has 1 N–H and O–H groups in total. The Morgan fingerprint density at radius 1 is 0.800 bits per heavy atom. The van der Waals surface area contributed by atoms with Crippen molar-refractivity contribution in [3.8, 4) is 0 Å². The van der Waals surface area contributed by atoms with Crippen molar-refractivity contribution >= 4 is 18.0 Å². The molecule has 2 aromatic carbocycles. The number of rotatable bonds is 6. The van der Waals surface area contributed by atoms with E-state index in [1.54, 1.807) is 11.6 Å². The van der Waals surface area contributed by atoms with E-state index >= 15 is 0 Å². The Balaban J connectivity index is 1.14. The zero-order valence-electron chi connectivity index (χ0n) is 31.8. The molecule has 5 aliphatic rings. The van der Waals surface area contributed by atoms with Gasteiger partial charge in [0, 0.05) is 12.1 Å². The average molecular weight is 676 g/mol. The SMILES string of the molecule is CC1(C)CC[C@]2(C(=O)OCc3ccccc3)CC[C@]3(C)C(=CCC4[C@@]5(C)CC[C@H](NC(=O)/C=C/c6ccccc6)C(C)(C)C5CC[C@]43C)C2C1. The van der Waals surface area contributed by atoms with E-state index in [1.165, 1.54) is 12.8 Å². The van der Waals surface area contributed by atoms with Crippen LogP contribution in [0.25, 0.3) is 6.08 Å². The highest BCUT2D eigenvalue weighted by atomic mass is 16.5. The quantitative estimate of drug-likeness (QED) is 0.188. The fourth-order valence-corrected chi connectivity index (χ4v) is 12.7. The van der Waals surface area contributed by atoms with Crippen LogP contribution in [0.3, 0.4) is 0 Å². The molecule has 1 amide bonds. The smallest absolute Gasteiger partial charge is 0.313 e. The van der Waals surface area contributed by atoms with Crippen LogP contribution in [0.4, 0.5) is 0 Å². The lowest BCUT2D eigenvalue weighted by Crippen LogP contribution is -2.66. The minimum absolute atomic E-state index is 0.00685. The molecule has 4 saturated carbocycles. The molecular formula is C46H61NO3. The third-order valence-corrected chi connectivity index (χ3v) is 15.8. The van der Waals surface area contributed by atoms with Crippen LogP contribution < -0.4 is 5.32 Å². The topological polar surface area (TPSA) is 55.4 Å². The van der Waals surface area contributed by atoms with Crippen molar-refractivity contribution < 1.29 is 14.3 Å². The van der Waals surface area contributed by atoms with E-state index in [-0.39, 0.29) is 50.9 Å². The Labute approximate surface area is 301 Å². The Bertz CT molecular complexity index is 1660. The van der Waals surface area contributed by atoms with Gasteiger partial charge in [0.15, 0.2) is 0 Å². The molecule has 0 spiro atoms. The number of amides is 1. The number of ether oxygens (including phenoxy) is 1. The van der Waals surface area contributed by atoms with Gasteiger partial charge < -0.3 is 10.1 Å². The van der Waals surface area contributed by atoms with Gasteiger partial charge in [-0.05, 0) is 126 Å². The number of hydrogen-bond acceptors (Lipinski definition) is 3. The van der Waals surface area contributed by atoms with Gasteiger partial charge >= 0.3 is 5.97 Å². The fraction of sp³-hybridized carbons (Fsp3) is 0.609. The highest BCUT2D eigenvalue weighted by Crippen LogP contribution is 2.75. The first kappa shape index (κ1) is 35.3. The lowest BCUT2D eigenvalue weighted by Gasteiger charge is -2.71. The van der Waals surface area contributed by atoms with Crippen LogP contribution in [0.1, 0.15) is 124 Å². The van der Waals surface area contributed by atoms with Gasteiger partial charge in [0.2, 0.25) is 5.91 Å². The van der Waals surface area contributed by atoms with Crippen LogP contribution in [0, 0.1) is 50.2 Å². The second-order valence-electron chi connectivity index (χ2n) is 19.1. The predicted octanol–water partition coefficient (Wildman–Crippen LogP) is 10.7. The van der Waals surface area contributed by atoms with E-state index in [1.807, 2.05) is 54.6 Å². The maximum absolute atomic E-state index is 14.3. The molecule has 0 aliphatic heterocycles. The summed E-state index contributed by atoms with van der Waals surface area (Å²) in [7, 11) is 0. The third kappa shape index (κ3) is 5.63. The molecule has 7 rings (SSSR count). The Morgan fingerprint density at radius 2 is 1.48 bits per heavy atom. The van der Waals surface area contributed by atoms with Gasteiger partial charge in [-0.1, -0.05) is 121 Å². The summed E-state index contributed by atoms with van der Waals surface area (Å²) in [5, 5.41) is 3.46. The summed E-state index contributed by atoms with van der Waals surface area (Å²) in [4.78, 5) is 27.5. The molecular weight excluding hydrogens is 615 g/mol. The van der Waals surface area contributed by atoms with Crippen LogP contribution >= 0.6 is 0 Å². The monoisotopic (exact) mass is 675 g/mol. The summed E-state index contributed by atoms with van der Waals surface area (Å²) in [6.07, 6.45) is 16.9. The molecule has 0 saturated heterocycles. The molecule has 8 atom stereocenters. The molecule has 268 valence electrons. The molecule has 0 radical (unpaired) electrons. The van der Waals surface area contributed by atoms with Gasteiger partial charge in [0.1, 0.15) is 6.61 Å². The summed E-state index contributed by atoms with van der Waals surface area (Å²) >= 11 is 0. The van der Waals surface area contributed by atoms with Gasteiger partial charge in [0.05, 0.1) is 5.41 Å². The highest BCUT2D eigenvalue weighted by Gasteiger charge is 2.69. The summed E-state index contributed by atoms with van der Waals surface area (Å²) < 4.78 is 6.22. The average Bonchev–Trinajstić information content (AvgIpc) is 3.08. The summed E-state index contributed by atoms with van der Waals surface area (Å²) in [5.41, 5.74) is 3.87. The van der Waals surface area contributed by atoms with Gasteiger partial charge in [-0.2, -0.15) is 0 Å². The normalized spacial score (nSPS) is 38.4. The standard InChI is InChI=1S/C46H61NO3/c1-41(2)26-28-46(40(49)50-31-33-16-12-9-13-17-33)29-27-44(6)34(35(46)30-41)19-20-37-43(5)24-23-38(42(3,4)36(43)22-25-45(37,44)7)47-39(48)21-18-32-14-10-8-11-15-32/h8-19,21,35-38H,20,22-31H2,1-7H3,(H,47,48)/b21-18+/t35?,36?,37?,38-,43-,44+,45+,46-/m0/s1. The van der Waals surface area contributed by atoms with Gasteiger partial charge in [-0.25, -0.2) is 0 Å². The van der Waals surface area contributed by atoms with Crippen LogP contribution in [-0.2, 0) is 20.9 Å². The molecule has 2 aromatic rings. The van der Waals surface area contributed by atoms with Crippen LogP contribution in [0.5, 0.6) is 0 Å². The van der Waals surface area contributed by atoms with Gasteiger partial charge in [-0.15, -0.1) is 0 Å². The predicted molar refractivity (Wildman–Crippen MR) is 203 cm³/mol. The van der Waals surface area contributed by atoms with Crippen molar-refractivity contribution in [2.24, 2.45) is 50.2 Å². The lowest BCUT2D eigenvalue weighted by molar-refractivity contribution is -0.194. The molecule has 5 aliphatic carbocycles. The van der Waals surface area contributed by atoms with E-state index in [2.05, 4.69) is 72.0 Å². The highest BCUT2D eigenvalue weighted by molar-refractivity contribution is 5.92. The summed E-state index contributed by atoms with van der Waals surface area (Å²) in [6, 6.07) is 20.4. The van der Waals surface area contributed by atoms with Crippen molar-refractivity contribution in [1.29, 1.82) is 0 Å². The van der Waals surface area contributed by atoms with E-state index < -0.39 is 5.41 Å². The van der Waals surface area contributed by atoms with E-state index in [0.717, 1.165) is 62.5 Å². The van der Waals surface area contributed by atoms with Crippen LogP contribution in [-0.4, -0.2) is 17.9 Å². The number of esters is 1. The number of nitrogens with one attached hydrogen (secondary N) is 1. The first-order chi connectivity index (χ1) is 23.6. The van der Waals surface area contributed by atoms with Crippen molar-refractivity contribution in [2.45, 2.75) is 125 Å². The minimum Gasteiger partial charge on any atom is -0.460 e. The third-order valence-electron chi connectivity index (χ3n) is 15.8. The van der Waals surface area contributed by atoms with Crippen molar-refractivity contribution in [2.75, 3.05) is 0 Å². The zero-order chi connectivity index (χ0) is 35.6. The number of carbonyl (C=O) groups is 2. The molecule has 50 heavy (non-hydrogen) atoms. The van der Waals surface area contributed by atoms with Gasteiger partial charge in [0.25, 0.3) is 0 Å². The maximum atomic E-state index is 14.3. The first-order valence-corrected chi connectivity index (χ1v) is 19.6. The Kier molecular flexibility index (Phi) is 8.83. The summed E-state index contributed by atoms with van der Waals surface area (Å²) in [6.45, 7) is 17.9. The lowest BCUT2D eigenvalue weighted by atomic mass is 9.33. The Hall–Kier alpha value is -3.14. The van der Waals surface area contributed by atoms with Crippen LogP contribution in [0.2, 0.25) is 0 Å². The minimum atomic E-state index is -0.423. The van der Waals surface area contributed by atoms with E-state index in [9.17, 15) is 9.59 Å². The summed E-state index contributed by atoms with van der Waals surface area (Å²) in [5.74, 6) is 1.40. The second-order valence-corrected chi connectivity index (χ2v) is 19.1. The molecule has 4 fully saturated rings. The molecule has 3 unspecified atom stereocenters. The number of hydrogen-bond donors (Lipinski definition) is 1. The molecule has 0 bridgehead atoms. The first-order valence-electron chi connectivity index (χ1n) is 19.6. The number of carbonyl (C=O) groups excluding carboxylic acids is 2. The molecule has 4 heteroatoms. The van der Waals surface area contributed by atoms with Crippen molar-refractivity contribution in [3.05, 3.63) is 89.5 Å². The second kappa shape index (κ2) is 12.5. The number of fused-ring (bicyclic) bond motifs is 7. The van der Waals surface area contributed by atoms with Gasteiger partial charge in [-0.3, -0.25) is 9.59 Å². The zero-order valence-corrected chi connectivity index (χ0v) is 31.8. The Morgan fingerprint density at radius 3 is 2.20 bits per heavy atom. The molecule has 4 nitrogen and oxygen atoms in total. The van der Waals surface area contributed by atoms with E-state index in [0.29, 0.717) is 18.4 Å². The maximum Gasteiger partial charge on any atom is 0.313 e. The van der Waals surface area contributed by atoms with Crippen molar-refractivity contribution in [3.63, 3.8) is 0 Å². The number of benzene rings is 2.